The monoisotopic (exact) mass is 352 g/mol. The first-order chi connectivity index (χ1) is 9.63. The molecule has 1 N–H and O–H groups in total. The Balaban J connectivity index is 1.84. The molecule has 2 nitrogen and oxygen atoms in total. The fourth-order valence-electron chi connectivity index (χ4n) is 2.01. The summed E-state index contributed by atoms with van der Waals surface area (Å²) in [5.41, 5.74) is 1.57. The van der Waals surface area contributed by atoms with Gasteiger partial charge in [-0.3, -0.25) is 0 Å². The molecule has 0 spiro atoms. The van der Waals surface area contributed by atoms with E-state index in [2.05, 4.69) is 15.9 Å². The lowest BCUT2D eigenvalue weighted by molar-refractivity contribution is 0.219. The molecule has 0 heterocycles. The third-order valence-corrected chi connectivity index (χ3v) is 4.49. The molecule has 104 valence electrons. The van der Waals surface area contributed by atoms with Crippen molar-refractivity contribution in [1.82, 2.24) is 0 Å². The highest BCUT2D eigenvalue weighted by molar-refractivity contribution is 9.10. The van der Waals surface area contributed by atoms with Crippen LogP contribution in [0.1, 0.15) is 30.1 Å². The predicted octanol–water partition coefficient (Wildman–Crippen LogP) is 4.73. The summed E-state index contributed by atoms with van der Waals surface area (Å²) in [6, 6.07) is 13.1. The van der Waals surface area contributed by atoms with Gasteiger partial charge in [0.15, 0.2) is 0 Å². The maximum absolute atomic E-state index is 10.5. The molecule has 1 unspecified atom stereocenters. The molecule has 0 aliphatic heterocycles. The SMILES string of the molecule is OC(c1cccc(OC2CC2)c1)c1ccc(Br)c(Cl)c1. The first-order valence-corrected chi connectivity index (χ1v) is 7.70. The van der Waals surface area contributed by atoms with Gasteiger partial charge in [-0.15, -0.1) is 0 Å². The fourth-order valence-corrected chi connectivity index (χ4v) is 2.45. The van der Waals surface area contributed by atoms with Crippen molar-refractivity contribution in [2.75, 3.05) is 0 Å². The van der Waals surface area contributed by atoms with Gasteiger partial charge >= 0.3 is 0 Å². The maximum atomic E-state index is 10.5. The van der Waals surface area contributed by atoms with Crippen LogP contribution in [0.25, 0.3) is 0 Å². The molecule has 20 heavy (non-hydrogen) atoms. The minimum atomic E-state index is -0.705. The number of rotatable bonds is 4. The number of ether oxygens (including phenoxy) is 1. The number of aliphatic hydroxyl groups is 1. The highest BCUT2D eigenvalue weighted by Gasteiger charge is 2.23. The third-order valence-electron chi connectivity index (χ3n) is 3.26. The average Bonchev–Trinajstić information content (AvgIpc) is 3.25. The Morgan fingerprint density at radius 3 is 2.60 bits per heavy atom. The number of hydrogen-bond acceptors (Lipinski definition) is 2. The van der Waals surface area contributed by atoms with Gasteiger partial charge in [-0.1, -0.05) is 29.8 Å². The molecular formula is C16H14BrClO2. The van der Waals surface area contributed by atoms with Crippen molar-refractivity contribution < 1.29 is 9.84 Å². The van der Waals surface area contributed by atoms with E-state index < -0.39 is 6.10 Å². The van der Waals surface area contributed by atoms with E-state index in [1.807, 2.05) is 36.4 Å². The quantitative estimate of drug-likeness (QED) is 0.861. The van der Waals surface area contributed by atoms with Crippen molar-refractivity contribution >= 4 is 27.5 Å². The number of aliphatic hydroxyl groups excluding tert-OH is 1. The van der Waals surface area contributed by atoms with E-state index in [-0.39, 0.29) is 0 Å². The van der Waals surface area contributed by atoms with Gasteiger partial charge in [-0.25, -0.2) is 0 Å². The highest BCUT2D eigenvalue weighted by atomic mass is 79.9. The fraction of sp³-hybridized carbons (Fsp3) is 0.250. The van der Waals surface area contributed by atoms with Crippen LogP contribution in [0.5, 0.6) is 5.75 Å². The van der Waals surface area contributed by atoms with Crippen molar-refractivity contribution in [3.05, 3.63) is 63.1 Å². The summed E-state index contributed by atoms with van der Waals surface area (Å²) < 4.78 is 6.57. The predicted molar refractivity (Wildman–Crippen MR) is 83.3 cm³/mol. The third kappa shape index (κ3) is 3.17. The van der Waals surface area contributed by atoms with Gasteiger partial charge in [-0.05, 0) is 64.2 Å². The Kier molecular flexibility index (Phi) is 4.01. The van der Waals surface area contributed by atoms with Crippen LogP contribution in [-0.2, 0) is 0 Å². The molecule has 4 heteroatoms. The van der Waals surface area contributed by atoms with Gasteiger partial charge < -0.3 is 9.84 Å². The molecule has 2 aromatic rings. The lowest BCUT2D eigenvalue weighted by atomic mass is 10.0. The highest BCUT2D eigenvalue weighted by Crippen LogP contribution is 2.32. The van der Waals surface area contributed by atoms with Gasteiger partial charge in [0, 0.05) is 4.47 Å². The zero-order valence-corrected chi connectivity index (χ0v) is 13.1. The molecule has 2 aromatic carbocycles. The van der Waals surface area contributed by atoms with Crippen molar-refractivity contribution in [2.24, 2.45) is 0 Å². The standard InChI is InChI=1S/C16H14BrClO2/c17-14-7-4-11(9-15(14)18)16(19)10-2-1-3-13(8-10)20-12-5-6-12/h1-4,7-9,12,16,19H,5-6H2. The summed E-state index contributed by atoms with van der Waals surface area (Å²) in [5.74, 6) is 0.812. The Morgan fingerprint density at radius 2 is 1.90 bits per heavy atom. The smallest absolute Gasteiger partial charge is 0.120 e. The van der Waals surface area contributed by atoms with Crippen molar-refractivity contribution in [3.8, 4) is 5.75 Å². The summed E-state index contributed by atoms with van der Waals surface area (Å²) in [5, 5.41) is 11.0. The number of benzene rings is 2. The molecule has 0 aromatic heterocycles. The number of halogens is 2. The molecule has 0 bridgehead atoms. The Hall–Kier alpha value is -1.03. The zero-order chi connectivity index (χ0) is 14.1. The summed E-state index contributed by atoms with van der Waals surface area (Å²) in [7, 11) is 0. The maximum Gasteiger partial charge on any atom is 0.120 e. The lowest BCUT2D eigenvalue weighted by Gasteiger charge is -2.14. The molecular weight excluding hydrogens is 340 g/mol. The number of hydrogen-bond donors (Lipinski definition) is 1. The van der Waals surface area contributed by atoms with Crippen LogP contribution in [0.2, 0.25) is 5.02 Å². The van der Waals surface area contributed by atoms with Crippen LogP contribution in [0.3, 0.4) is 0 Å². The van der Waals surface area contributed by atoms with E-state index in [0.29, 0.717) is 11.1 Å². The molecule has 1 atom stereocenters. The van der Waals surface area contributed by atoms with Crippen LogP contribution in [0, 0.1) is 0 Å². The summed E-state index contributed by atoms with van der Waals surface area (Å²) in [4.78, 5) is 0. The molecule has 1 saturated carbocycles. The summed E-state index contributed by atoms with van der Waals surface area (Å²) >= 11 is 9.42. The van der Waals surface area contributed by atoms with Gasteiger partial charge in [0.25, 0.3) is 0 Å². The van der Waals surface area contributed by atoms with Crippen molar-refractivity contribution in [1.29, 1.82) is 0 Å². The molecule has 0 radical (unpaired) electrons. The second kappa shape index (κ2) is 5.76. The van der Waals surface area contributed by atoms with E-state index in [4.69, 9.17) is 16.3 Å². The Labute approximate surface area is 131 Å². The van der Waals surface area contributed by atoms with Gasteiger partial charge in [0.1, 0.15) is 11.9 Å². The molecule has 3 rings (SSSR count). The van der Waals surface area contributed by atoms with E-state index in [1.54, 1.807) is 6.07 Å². The van der Waals surface area contributed by atoms with Gasteiger partial charge in [0.05, 0.1) is 11.1 Å². The normalized spacial score (nSPS) is 15.9. The molecule has 0 saturated heterocycles. The Bertz CT molecular complexity index is 626. The van der Waals surface area contributed by atoms with Gasteiger partial charge in [-0.2, -0.15) is 0 Å². The largest absolute Gasteiger partial charge is 0.490 e. The van der Waals surface area contributed by atoms with Gasteiger partial charge in [0.2, 0.25) is 0 Å². The van der Waals surface area contributed by atoms with Crippen LogP contribution >= 0.6 is 27.5 Å². The molecule has 0 amide bonds. The summed E-state index contributed by atoms with van der Waals surface area (Å²) in [6.07, 6.45) is 1.89. The minimum Gasteiger partial charge on any atom is -0.490 e. The van der Waals surface area contributed by atoms with Crippen LogP contribution in [0.15, 0.2) is 46.9 Å². The van der Waals surface area contributed by atoms with E-state index in [0.717, 1.165) is 34.2 Å². The van der Waals surface area contributed by atoms with Crippen molar-refractivity contribution in [3.63, 3.8) is 0 Å². The molecule has 1 aliphatic rings. The minimum absolute atomic E-state index is 0.351. The Morgan fingerprint density at radius 1 is 1.15 bits per heavy atom. The average molecular weight is 354 g/mol. The van der Waals surface area contributed by atoms with Crippen LogP contribution < -0.4 is 4.74 Å². The second-order valence-electron chi connectivity index (χ2n) is 4.97. The summed E-state index contributed by atoms with van der Waals surface area (Å²) in [6.45, 7) is 0. The van der Waals surface area contributed by atoms with Crippen molar-refractivity contribution in [2.45, 2.75) is 25.0 Å². The zero-order valence-electron chi connectivity index (χ0n) is 10.7. The van der Waals surface area contributed by atoms with Crippen LogP contribution in [0.4, 0.5) is 0 Å². The first kappa shape index (κ1) is 13.9. The van der Waals surface area contributed by atoms with E-state index >= 15 is 0 Å². The second-order valence-corrected chi connectivity index (χ2v) is 6.23. The van der Waals surface area contributed by atoms with E-state index in [9.17, 15) is 5.11 Å². The topological polar surface area (TPSA) is 29.5 Å². The van der Waals surface area contributed by atoms with E-state index in [1.165, 1.54) is 0 Å². The molecule has 1 fully saturated rings. The first-order valence-electron chi connectivity index (χ1n) is 6.53. The lowest BCUT2D eigenvalue weighted by Crippen LogP contribution is -2.01. The van der Waals surface area contributed by atoms with Crippen LogP contribution in [-0.4, -0.2) is 11.2 Å². The molecule has 1 aliphatic carbocycles.